The minimum absolute atomic E-state index is 0.0537. The van der Waals surface area contributed by atoms with Crippen LogP contribution < -0.4 is 9.80 Å². The molecule has 0 amide bonds. The summed E-state index contributed by atoms with van der Waals surface area (Å²) < 4.78 is 82.3. The predicted octanol–water partition coefficient (Wildman–Crippen LogP) is 7.08. The number of hydrogen-bond acceptors (Lipinski definition) is 4. The summed E-state index contributed by atoms with van der Waals surface area (Å²) in [6.07, 6.45) is -3.26. The molecule has 194 valence electrons. The Hall–Kier alpha value is -3.18. The van der Waals surface area contributed by atoms with Crippen LogP contribution in [0.15, 0.2) is 36.5 Å². The molecule has 1 atom stereocenters. The molecule has 4 aromatic rings. The van der Waals surface area contributed by atoms with Crippen LogP contribution in [0.5, 0.6) is 0 Å². The summed E-state index contributed by atoms with van der Waals surface area (Å²) in [7, 11) is 0. The first-order valence-corrected chi connectivity index (χ1v) is 11.8. The van der Waals surface area contributed by atoms with Crippen molar-refractivity contribution in [1.82, 2.24) is 15.0 Å². The van der Waals surface area contributed by atoms with E-state index in [1.807, 2.05) is 16.7 Å². The number of piperazine rings is 1. The SMILES string of the molecule is C[C@@H]1CN(c2ncc(Cl)cc2Cl)CCN1c1nc2cc(C(F)(F)F)cc(-c3cc(F)c(F)c(F)c3)c2[nH]1. The van der Waals surface area contributed by atoms with Gasteiger partial charge >= 0.3 is 6.18 Å². The molecular formula is C24H17Cl2F6N5. The van der Waals surface area contributed by atoms with Gasteiger partial charge in [-0.05, 0) is 42.8 Å². The first-order chi connectivity index (χ1) is 17.4. The number of hydrogen-bond donors (Lipinski definition) is 1. The molecule has 3 heterocycles. The highest BCUT2D eigenvalue weighted by Gasteiger charge is 2.33. The number of imidazole rings is 1. The molecule has 1 saturated heterocycles. The Balaban J connectivity index is 1.54. The number of anilines is 2. The van der Waals surface area contributed by atoms with E-state index in [9.17, 15) is 26.3 Å². The van der Waals surface area contributed by atoms with Gasteiger partial charge in [-0.2, -0.15) is 13.2 Å². The Morgan fingerprint density at radius 3 is 2.32 bits per heavy atom. The zero-order chi connectivity index (χ0) is 26.6. The van der Waals surface area contributed by atoms with Gasteiger partial charge in [0.2, 0.25) is 5.95 Å². The van der Waals surface area contributed by atoms with Crippen LogP contribution in [0.3, 0.4) is 0 Å². The molecule has 2 aromatic carbocycles. The number of halogens is 8. The summed E-state index contributed by atoms with van der Waals surface area (Å²) >= 11 is 12.2. The molecular weight excluding hydrogens is 543 g/mol. The van der Waals surface area contributed by atoms with Crippen LogP contribution in [0.4, 0.5) is 38.1 Å². The molecule has 5 nitrogen and oxygen atoms in total. The molecule has 0 radical (unpaired) electrons. The monoisotopic (exact) mass is 559 g/mol. The molecule has 1 fully saturated rings. The molecule has 0 spiro atoms. The van der Waals surface area contributed by atoms with Gasteiger partial charge in [0.25, 0.3) is 0 Å². The van der Waals surface area contributed by atoms with Gasteiger partial charge in [-0.1, -0.05) is 23.2 Å². The maximum absolute atomic E-state index is 13.9. The van der Waals surface area contributed by atoms with Crippen LogP contribution in [0.1, 0.15) is 12.5 Å². The standard InChI is InChI=1S/C24H17Cl2F6N5/c1-11-10-36(22-16(26)8-14(25)9-33-22)2-3-37(11)23-34-19-7-13(24(30,31)32)6-15(21(19)35-23)12-4-17(27)20(29)18(28)5-12/h4-9,11H,2-3,10H2,1H3,(H,34,35)/t11-/m1/s1. The lowest BCUT2D eigenvalue weighted by Crippen LogP contribution is -2.52. The number of aromatic amines is 1. The van der Waals surface area contributed by atoms with Crippen molar-refractivity contribution in [3.63, 3.8) is 0 Å². The van der Waals surface area contributed by atoms with Crippen molar-refractivity contribution < 1.29 is 26.3 Å². The van der Waals surface area contributed by atoms with Crippen LogP contribution in [0, 0.1) is 17.5 Å². The number of pyridine rings is 1. The summed E-state index contributed by atoms with van der Waals surface area (Å²) in [6, 6.07) is 4.33. The van der Waals surface area contributed by atoms with E-state index >= 15 is 0 Å². The van der Waals surface area contributed by atoms with Crippen molar-refractivity contribution in [2.45, 2.75) is 19.1 Å². The Morgan fingerprint density at radius 2 is 1.70 bits per heavy atom. The second-order valence-electron chi connectivity index (χ2n) is 8.68. The second-order valence-corrected chi connectivity index (χ2v) is 9.52. The summed E-state index contributed by atoms with van der Waals surface area (Å²) in [5, 5.41) is 0.789. The molecule has 1 N–H and O–H groups in total. The molecule has 37 heavy (non-hydrogen) atoms. The molecule has 2 aromatic heterocycles. The smallest absolute Gasteiger partial charge is 0.352 e. The van der Waals surface area contributed by atoms with Crippen molar-refractivity contribution in [3.8, 4) is 11.1 Å². The number of nitrogens with zero attached hydrogens (tertiary/aromatic N) is 4. The lowest BCUT2D eigenvalue weighted by atomic mass is 10.0. The molecule has 5 rings (SSSR count). The van der Waals surface area contributed by atoms with Gasteiger partial charge in [0.05, 0.1) is 26.6 Å². The molecule has 13 heteroatoms. The Kier molecular flexibility index (Phi) is 6.39. The highest BCUT2D eigenvalue weighted by molar-refractivity contribution is 6.36. The lowest BCUT2D eigenvalue weighted by molar-refractivity contribution is -0.137. The number of nitrogens with one attached hydrogen (secondary N) is 1. The Bertz CT molecular complexity index is 1480. The van der Waals surface area contributed by atoms with E-state index in [1.54, 1.807) is 6.07 Å². The summed E-state index contributed by atoms with van der Waals surface area (Å²) in [5.41, 5.74) is -1.40. The van der Waals surface area contributed by atoms with Crippen LogP contribution in [-0.4, -0.2) is 40.6 Å². The number of rotatable bonds is 3. The number of H-pyrrole nitrogens is 1. The van der Waals surface area contributed by atoms with Crippen LogP contribution in [0.25, 0.3) is 22.2 Å². The van der Waals surface area contributed by atoms with Crippen molar-refractivity contribution in [2.24, 2.45) is 0 Å². The summed E-state index contributed by atoms with van der Waals surface area (Å²) in [5.74, 6) is -3.90. The third kappa shape index (κ3) is 4.77. The van der Waals surface area contributed by atoms with Crippen molar-refractivity contribution in [3.05, 3.63) is 69.6 Å². The van der Waals surface area contributed by atoms with Gasteiger partial charge in [-0.25, -0.2) is 23.1 Å². The predicted molar refractivity (Wildman–Crippen MR) is 130 cm³/mol. The number of aromatic nitrogens is 3. The minimum Gasteiger partial charge on any atom is -0.352 e. The third-order valence-electron chi connectivity index (χ3n) is 6.19. The van der Waals surface area contributed by atoms with Crippen molar-refractivity contribution >= 4 is 46.0 Å². The van der Waals surface area contributed by atoms with E-state index in [-0.39, 0.29) is 34.2 Å². The lowest BCUT2D eigenvalue weighted by Gasteiger charge is -2.40. The van der Waals surface area contributed by atoms with E-state index in [0.717, 1.165) is 12.1 Å². The van der Waals surface area contributed by atoms with Gasteiger partial charge in [0.1, 0.15) is 5.82 Å². The molecule has 0 unspecified atom stereocenters. The number of benzene rings is 2. The van der Waals surface area contributed by atoms with Crippen molar-refractivity contribution in [1.29, 1.82) is 0 Å². The van der Waals surface area contributed by atoms with E-state index in [4.69, 9.17) is 23.2 Å². The van der Waals surface area contributed by atoms with Gasteiger partial charge in [0, 0.05) is 37.4 Å². The molecule has 1 aliphatic rings. The fraction of sp³-hybridized carbons (Fsp3) is 0.250. The average Bonchev–Trinajstić information content (AvgIpc) is 3.25. The number of fused-ring (bicyclic) bond motifs is 1. The zero-order valence-corrected chi connectivity index (χ0v) is 20.5. The van der Waals surface area contributed by atoms with Crippen LogP contribution in [-0.2, 0) is 6.18 Å². The molecule has 0 bridgehead atoms. The van der Waals surface area contributed by atoms with Crippen LogP contribution >= 0.6 is 23.2 Å². The summed E-state index contributed by atoms with van der Waals surface area (Å²) in [4.78, 5) is 15.5. The first-order valence-electron chi connectivity index (χ1n) is 11.0. The van der Waals surface area contributed by atoms with Gasteiger partial charge in [-0.15, -0.1) is 0 Å². The normalized spacial score (nSPS) is 16.6. The fourth-order valence-corrected chi connectivity index (χ4v) is 4.94. The van der Waals surface area contributed by atoms with E-state index < -0.39 is 29.2 Å². The highest BCUT2D eigenvalue weighted by atomic mass is 35.5. The van der Waals surface area contributed by atoms with E-state index in [2.05, 4.69) is 15.0 Å². The zero-order valence-electron chi connectivity index (χ0n) is 19.0. The highest BCUT2D eigenvalue weighted by Crippen LogP contribution is 2.38. The molecule has 1 aliphatic heterocycles. The first kappa shape index (κ1) is 25.5. The number of alkyl halides is 3. The summed E-state index contributed by atoms with van der Waals surface area (Å²) in [6.45, 7) is 3.27. The van der Waals surface area contributed by atoms with E-state index in [1.165, 1.54) is 6.20 Å². The van der Waals surface area contributed by atoms with Crippen LogP contribution in [0.2, 0.25) is 10.0 Å². The maximum atomic E-state index is 13.9. The Morgan fingerprint density at radius 1 is 1.00 bits per heavy atom. The van der Waals surface area contributed by atoms with E-state index in [0.29, 0.717) is 47.6 Å². The van der Waals surface area contributed by atoms with Gasteiger partial charge in [-0.3, -0.25) is 0 Å². The van der Waals surface area contributed by atoms with Gasteiger partial charge in [0.15, 0.2) is 17.5 Å². The Labute approximate surface area is 216 Å². The van der Waals surface area contributed by atoms with Crippen molar-refractivity contribution in [2.75, 3.05) is 29.4 Å². The average molecular weight is 560 g/mol. The second kappa shape index (κ2) is 9.29. The quantitative estimate of drug-likeness (QED) is 0.215. The molecule has 0 aliphatic carbocycles. The van der Waals surface area contributed by atoms with Gasteiger partial charge < -0.3 is 14.8 Å². The molecule has 0 saturated carbocycles. The topological polar surface area (TPSA) is 48.1 Å². The largest absolute Gasteiger partial charge is 0.416 e. The maximum Gasteiger partial charge on any atom is 0.416 e. The fourth-order valence-electron chi connectivity index (χ4n) is 4.44. The third-order valence-corrected chi connectivity index (χ3v) is 6.68. The minimum atomic E-state index is -4.75.